The minimum atomic E-state index is -0.422. The van der Waals surface area contributed by atoms with Crippen LogP contribution in [0.1, 0.15) is 27.7 Å². The van der Waals surface area contributed by atoms with Crippen molar-refractivity contribution in [1.82, 2.24) is 4.57 Å². The van der Waals surface area contributed by atoms with E-state index in [-0.39, 0.29) is 0 Å². The molecule has 1 saturated heterocycles. The van der Waals surface area contributed by atoms with Crippen molar-refractivity contribution in [3.63, 3.8) is 0 Å². The van der Waals surface area contributed by atoms with E-state index in [0.29, 0.717) is 0 Å². The van der Waals surface area contributed by atoms with Gasteiger partial charge in [0.05, 0.1) is 22.4 Å². The molecule has 0 radical (unpaired) electrons. The first kappa shape index (κ1) is 21.0. The average Bonchev–Trinajstić information content (AvgIpc) is 3.29. The summed E-state index contributed by atoms with van der Waals surface area (Å²) in [5.74, 6) is 0. The lowest BCUT2D eigenvalue weighted by atomic mass is 9.90. The van der Waals surface area contributed by atoms with E-state index in [1.54, 1.807) is 5.23 Å². The van der Waals surface area contributed by atoms with Crippen LogP contribution < -0.4 is 5.23 Å². The zero-order chi connectivity index (χ0) is 23.5. The van der Waals surface area contributed by atoms with Crippen molar-refractivity contribution in [2.24, 2.45) is 0 Å². The Kier molecular flexibility index (Phi) is 4.60. The fraction of sp³-hybridized carbons (Fsp3) is 0.200. The van der Waals surface area contributed by atoms with E-state index in [9.17, 15) is 0 Å². The zero-order valence-electron chi connectivity index (χ0n) is 19.9. The van der Waals surface area contributed by atoms with Gasteiger partial charge in [0.15, 0.2) is 0 Å². The average molecular weight is 449 g/mol. The fourth-order valence-corrected chi connectivity index (χ4v) is 4.62. The van der Waals surface area contributed by atoms with Crippen LogP contribution in [0.15, 0.2) is 97.1 Å². The molecule has 2 heterocycles. The minimum absolute atomic E-state index is 0.422. The molecule has 0 unspecified atom stereocenters. The maximum absolute atomic E-state index is 6.08. The van der Waals surface area contributed by atoms with E-state index in [0.717, 1.165) is 16.9 Å². The summed E-state index contributed by atoms with van der Waals surface area (Å²) in [4.78, 5) is 12.2. The first-order chi connectivity index (χ1) is 16.4. The van der Waals surface area contributed by atoms with E-state index in [1.807, 2.05) is 27.7 Å². The van der Waals surface area contributed by atoms with Crippen molar-refractivity contribution in [3.05, 3.63) is 97.1 Å². The quantitative estimate of drug-likeness (QED) is 0.283. The van der Waals surface area contributed by atoms with E-state index in [1.165, 1.54) is 27.4 Å². The molecule has 1 aliphatic heterocycles. The van der Waals surface area contributed by atoms with Gasteiger partial charge < -0.3 is 4.57 Å². The van der Waals surface area contributed by atoms with Gasteiger partial charge in [-0.25, -0.2) is 9.68 Å². The molecule has 0 aliphatic carbocycles. The third-order valence-electron chi connectivity index (χ3n) is 7.19. The highest BCUT2D eigenvalue weighted by molar-refractivity contribution is 6.09. The smallest absolute Gasteiger partial charge is 0.124 e. The molecule has 6 rings (SSSR count). The predicted molar refractivity (Wildman–Crippen MR) is 139 cm³/mol. The van der Waals surface area contributed by atoms with Gasteiger partial charge in [0.1, 0.15) is 11.2 Å². The third kappa shape index (κ3) is 3.14. The van der Waals surface area contributed by atoms with Gasteiger partial charge >= 0.3 is 0 Å². The second-order valence-electron chi connectivity index (χ2n) is 9.89. The Morgan fingerprint density at radius 3 is 1.65 bits per heavy atom. The lowest BCUT2D eigenvalue weighted by Gasteiger charge is -2.26. The van der Waals surface area contributed by atoms with E-state index in [4.69, 9.17) is 9.68 Å². The molecule has 0 saturated carbocycles. The molecule has 1 aliphatic rings. The summed E-state index contributed by atoms with van der Waals surface area (Å²) in [7, 11) is 0. The number of anilines is 1. The molecule has 4 aromatic carbocycles. The zero-order valence-corrected chi connectivity index (χ0v) is 19.9. The SMILES string of the molecule is CC1(C)ON(c2ccc(-c3ccccc3-n3c4ccccc4c4ccccc43)cc2)OC1(C)C. The molecular formula is C30H28N2O2. The Bertz CT molecular complexity index is 1440. The first-order valence-electron chi connectivity index (χ1n) is 11.7. The normalized spacial score (nSPS) is 17.0. The van der Waals surface area contributed by atoms with Crippen molar-refractivity contribution >= 4 is 27.5 Å². The van der Waals surface area contributed by atoms with Crippen molar-refractivity contribution in [2.45, 2.75) is 38.9 Å². The highest BCUT2D eigenvalue weighted by Gasteiger charge is 2.50. The summed E-state index contributed by atoms with van der Waals surface area (Å²) in [5.41, 5.74) is 5.90. The summed E-state index contributed by atoms with van der Waals surface area (Å²) in [6, 6.07) is 34.2. The van der Waals surface area contributed by atoms with E-state index < -0.39 is 11.2 Å². The van der Waals surface area contributed by atoms with Gasteiger partial charge in [-0.2, -0.15) is 0 Å². The molecule has 4 heteroatoms. The van der Waals surface area contributed by atoms with Crippen LogP contribution in [0.5, 0.6) is 0 Å². The minimum Gasteiger partial charge on any atom is -0.309 e. The summed E-state index contributed by atoms with van der Waals surface area (Å²) in [5, 5.41) is 4.07. The first-order valence-corrected chi connectivity index (χ1v) is 11.7. The van der Waals surface area contributed by atoms with Gasteiger partial charge in [-0.3, -0.25) is 0 Å². The second kappa shape index (κ2) is 7.45. The van der Waals surface area contributed by atoms with Crippen LogP contribution in [0.4, 0.5) is 5.69 Å². The molecule has 1 aromatic heterocycles. The number of hydrogen-bond acceptors (Lipinski definition) is 3. The van der Waals surface area contributed by atoms with Crippen LogP contribution >= 0.6 is 0 Å². The molecule has 0 N–H and O–H groups in total. The summed E-state index contributed by atoms with van der Waals surface area (Å²) >= 11 is 0. The van der Waals surface area contributed by atoms with Gasteiger partial charge in [-0.15, -0.1) is 5.23 Å². The van der Waals surface area contributed by atoms with Crippen LogP contribution in [0, 0.1) is 0 Å². The van der Waals surface area contributed by atoms with Gasteiger partial charge in [-0.05, 0) is 63.6 Å². The van der Waals surface area contributed by atoms with Gasteiger partial charge in [0, 0.05) is 16.3 Å². The van der Waals surface area contributed by atoms with E-state index in [2.05, 4.69) is 102 Å². The van der Waals surface area contributed by atoms with Crippen molar-refractivity contribution in [2.75, 3.05) is 5.23 Å². The van der Waals surface area contributed by atoms with Crippen molar-refractivity contribution < 1.29 is 9.68 Å². The fourth-order valence-electron chi connectivity index (χ4n) is 4.62. The number of fused-ring (bicyclic) bond motifs is 3. The maximum Gasteiger partial charge on any atom is 0.124 e. The summed E-state index contributed by atoms with van der Waals surface area (Å²) in [6.07, 6.45) is 0. The number of para-hydroxylation sites is 3. The molecule has 0 amide bonds. The Morgan fingerprint density at radius 2 is 1.06 bits per heavy atom. The number of benzene rings is 4. The molecule has 0 bridgehead atoms. The number of aromatic nitrogens is 1. The van der Waals surface area contributed by atoms with Gasteiger partial charge in [0.2, 0.25) is 0 Å². The monoisotopic (exact) mass is 448 g/mol. The second-order valence-corrected chi connectivity index (χ2v) is 9.89. The highest BCUT2D eigenvalue weighted by atomic mass is 17.0. The van der Waals surface area contributed by atoms with E-state index >= 15 is 0 Å². The molecular weight excluding hydrogens is 420 g/mol. The third-order valence-corrected chi connectivity index (χ3v) is 7.19. The van der Waals surface area contributed by atoms with Crippen LogP contribution in [0.2, 0.25) is 0 Å². The topological polar surface area (TPSA) is 26.6 Å². The Morgan fingerprint density at radius 1 is 0.559 bits per heavy atom. The van der Waals surface area contributed by atoms with Gasteiger partial charge in [0.25, 0.3) is 0 Å². The molecule has 34 heavy (non-hydrogen) atoms. The number of nitrogens with zero attached hydrogens (tertiary/aromatic N) is 2. The number of rotatable bonds is 3. The number of hydrogen-bond donors (Lipinski definition) is 0. The molecule has 4 nitrogen and oxygen atoms in total. The van der Waals surface area contributed by atoms with Crippen molar-refractivity contribution in [3.8, 4) is 16.8 Å². The molecule has 0 atom stereocenters. The van der Waals surface area contributed by atoms with Crippen LogP contribution in [-0.2, 0) is 9.68 Å². The van der Waals surface area contributed by atoms with Crippen LogP contribution in [0.3, 0.4) is 0 Å². The Labute approximate surface area is 199 Å². The maximum atomic E-state index is 6.08. The molecule has 5 aromatic rings. The van der Waals surface area contributed by atoms with Crippen LogP contribution in [-0.4, -0.2) is 15.8 Å². The Balaban J connectivity index is 1.45. The summed E-state index contributed by atoms with van der Waals surface area (Å²) < 4.78 is 2.37. The molecule has 1 fully saturated rings. The lowest BCUT2D eigenvalue weighted by molar-refractivity contribution is -0.0272. The Hall–Kier alpha value is -3.60. The van der Waals surface area contributed by atoms with Gasteiger partial charge in [-0.1, -0.05) is 66.7 Å². The van der Waals surface area contributed by atoms with Crippen LogP contribution in [0.25, 0.3) is 38.6 Å². The highest BCUT2D eigenvalue weighted by Crippen LogP contribution is 2.41. The standard InChI is InChI=1S/C30H28N2O2/c1-29(2)30(3,4)34-32(33-29)22-19-17-21(18-20-22)23-11-5-8-14-26(23)31-27-15-9-6-12-24(27)25-13-7-10-16-28(25)31/h5-20H,1-4H3. The summed E-state index contributed by atoms with van der Waals surface area (Å²) in [6.45, 7) is 8.18. The lowest BCUT2D eigenvalue weighted by Crippen LogP contribution is -2.41. The molecule has 170 valence electrons. The van der Waals surface area contributed by atoms with Crippen molar-refractivity contribution in [1.29, 1.82) is 0 Å². The predicted octanol–water partition coefficient (Wildman–Crippen LogP) is 7.69. The molecule has 0 spiro atoms. The largest absolute Gasteiger partial charge is 0.309 e.